The number of unbranched alkanes of at least 4 members (excludes halogenated alkanes) is 18. The number of hydrogen-bond donors (Lipinski definition) is 0. The molecule has 2 aliphatic rings. The molecule has 0 aliphatic heterocycles. The van der Waals surface area contributed by atoms with Crippen LogP contribution in [0.2, 0.25) is 0 Å². The third-order valence-electron chi connectivity index (χ3n) is 10.3. The van der Waals surface area contributed by atoms with Crippen LogP contribution in [0, 0.1) is 0 Å². The van der Waals surface area contributed by atoms with Crippen LogP contribution in [0.25, 0.3) is 20.9 Å². The Balaban J connectivity index is 1.22. The molecule has 47 heavy (non-hydrogen) atoms. The molecule has 0 spiro atoms. The van der Waals surface area contributed by atoms with E-state index in [2.05, 4.69) is 61.0 Å². The maximum absolute atomic E-state index is 6.89. The zero-order chi connectivity index (χ0) is 32.5. The second-order valence-electron chi connectivity index (χ2n) is 14.1. The Morgan fingerprint density at radius 2 is 1.13 bits per heavy atom. The fraction of sp³-hybridized carbons (Fsp3) is 0.628. The molecule has 1 aromatic carbocycles. The van der Waals surface area contributed by atoms with Crippen molar-refractivity contribution in [1.29, 1.82) is 0 Å². The van der Waals surface area contributed by atoms with Gasteiger partial charge in [0.2, 0.25) is 0 Å². The van der Waals surface area contributed by atoms with Crippen LogP contribution in [0.15, 0.2) is 47.2 Å². The van der Waals surface area contributed by atoms with Crippen molar-refractivity contribution in [2.45, 2.75) is 161 Å². The van der Waals surface area contributed by atoms with Gasteiger partial charge in [0.1, 0.15) is 11.5 Å². The van der Waals surface area contributed by atoms with Gasteiger partial charge in [-0.2, -0.15) is 0 Å². The molecule has 2 aliphatic carbocycles. The van der Waals surface area contributed by atoms with E-state index >= 15 is 0 Å². The van der Waals surface area contributed by atoms with E-state index in [1.807, 2.05) is 22.7 Å². The van der Waals surface area contributed by atoms with Gasteiger partial charge < -0.3 is 9.47 Å². The fourth-order valence-electron chi connectivity index (χ4n) is 7.68. The first kappa shape index (κ1) is 36.2. The highest BCUT2D eigenvalue weighted by molar-refractivity contribution is 7.20. The number of thiophene rings is 2. The van der Waals surface area contributed by atoms with E-state index in [1.165, 1.54) is 154 Å². The lowest BCUT2D eigenvalue weighted by atomic mass is 9.90. The van der Waals surface area contributed by atoms with Crippen LogP contribution >= 0.6 is 22.7 Å². The zero-order valence-corrected chi connectivity index (χ0v) is 31.3. The first-order valence-corrected chi connectivity index (χ1v) is 21.3. The predicted molar refractivity (Wildman–Crippen MR) is 207 cm³/mol. The standard InChI is InChI=1S/C43H62O2S2/c1-3-5-7-9-11-13-15-17-19-21-28-44-38-33-37(36-27-31-47-43(36)39-24-23-30-46-39)42(41-35-26-25-34(32-35)40(38)41)45-29-22-20-18-16-14-12-10-8-6-4-2/h23-27,30-31,33-35H,3-22,28-29,32H2,1-2H3/t34-,35+/m1/s1. The highest BCUT2D eigenvalue weighted by atomic mass is 32.1. The van der Waals surface area contributed by atoms with Crippen LogP contribution in [-0.2, 0) is 0 Å². The Labute approximate surface area is 295 Å². The molecular weight excluding hydrogens is 613 g/mol. The number of fused-ring (bicyclic) bond motifs is 5. The number of benzene rings is 1. The van der Waals surface area contributed by atoms with Gasteiger partial charge in [0.25, 0.3) is 0 Å². The van der Waals surface area contributed by atoms with Crippen molar-refractivity contribution >= 4 is 22.7 Å². The average molecular weight is 675 g/mol. The largest absolute Gasteiger partial charge is 0.493 e. The van der Waals surface area contributed by atoms with E-state index in [4.69, 9.17) is 9.47 Å². The van der Waals surface area contributed by atoms with Gasteiger partial charge in [-0.3, -0.25) is 0 Å². The summed E-state index contributed by atoms with van der Waals surface area (Å²) in [4.78, 5) is 2.69. The molecule has 2 atom stereocenters. The molecule has 0 unspecified atom stereocenters. The summed E-state index contributed by atoms with van der Waals surface area (Å²) >= 11 is 3.68. The summed E-state index contributed by atoms with van der Waals surface area (Å²) in [5.74, 6) is 3.15. The summed E-state index contributed by atoms with van der Waals surface area (Å²) < 4.78 is 13.6. The van der Waals surface area contributed by atoms with Crippen molar-refractivity contribution < 1.29 is 9.47 Å². The van der Waals surface area contributed by atoms with Gasteiger partial charge in [0, 0.05) is 39.0 Å². The molecule has 258 valence electrons. The van der Waals surface area contributed by atoms with Crippen molar-refractivity contribution in [2.75, 3.05) is 13.2 Å². The Kier molecular flexibility index (Phi) is 15.8. The molecule has 0 fully saturated rings. The van der Waals surface area contributed by atoms with Gasteiger partial charge in [-0.25, -0.2) is 0 Å². The van der Waals surface area contributed by atoms with E-state index in [0.717, 1.165) is 37.6 Å². The highest BCUT2D eigenvalue weighted by Gasteiger charge is 2.39. The van der Waals surface area contributed by atoms with E-state index in [-0.39, 0.29) is 0 Å². The van der Waals surface area contributed by atoms with Crippen molar-refractivity contribution in [2.24, 2.45) is 0 Å². The van der Waals surface area contributed by atoms with Crippen LogP contribution in [0.4, 0.5) is 0 Å². The molecule has 2 heterocycles. The first-order valence-electron chi connectivity index (χ1n) is 19.6. The fourth-order valence-corrected chi connectivity index (χ4v) is 9.48. The number of rotatable bonds is 26. The maximum Gasteiger partial charge on any atom is 0.131 e. The van der Waals surface area contributed by atoms with Gasteiger partial charge in [0.05, 0.1) is 18.1 Å². The summed E-state index contributed by atoms with van der Waals surface area (Å²) in [7, 11) is 0. The average Bonchev–Trinajstić information content (AvgIpc) is 3.92. The third-order valence-corrected chi connectivity index (χ3v) is 12.3. The van der Waals surface area contributed by atoms with Gasteiger partial charge in [-0.05, 0) is 48.2 Å². The number of hydrogen-bond acceptors (Lipinski definition) is 4. The molecule has 0 N–H and O–H groups in total. The molecule has 2 aromatic heterocycles. The van der Waals surface area contributed by atoms with E-state index in [1.54, 1.807) is 0 Å². The van der Waals surface area contributed by atoms with Crippen molar-refractivity contribution in [3.63, 3.8) is 0 Å². The molecule has 0 amide bonds. The Hall–Kier alpha value is -2.04. The molecule has 4 heteroatoms. The monoisotopic (exact) mass is 674 g/mol. The van der Waals surface area contributed by atoms with Gasteiger partial charge in [-0.15, -0.1) is 22.7 Å². The van der Waals surface area contributed by atoms with E-state index < -0.39 is 0 Å². The lowest BCUT2D eigenvalue weighted by Gasteiger charge is -2.24. The van der Waals surface area contributed by atoms with Gasteiger partial charge in [-0.1, -0.05) is 148 Å². The molecule has 5 rings (SSSR count). The molecule has 3 aromatic rings. The lowest BCUT2D eigenvalue weighted by molar-refractivity contribution is 0.293. The summed E-state index contributed by atoms with van der Waals surface area (Å²) in [6.45, 7) is 6.20. The maximum atomic E-state index is 6.89. The Morgan fingerprint density at radius 1 is 0.574 bits per heavy atom. The summed E-state index contributed by atoms with van der Waals surface area (Å²) in [5.41, 5.74) is 5.37. The van der Waals surface area contributed by atoms with Crippen LogP contribution in [0.1, 0.15) is 172 Å². The minimum atomic E-state index is 0.446. The minimum absolute atomic E-state index is 0.446. The second-order valence-corrected chi connectivity index (χ2v) is 16.0. The molecule has 2 bridgehead atoms. The van der Waals surface area contributed by atoms with E-state index in [9.17, 15) is 0 Å². The molecule has 0 saturated heterocycles. The Morgan fingerprint density at radius 3 is 1.70 bits per heavy atom. The normalized spacial score (nSPS) is 16.3. The van der Waals surface area contributed by atoms with E-state index in [0.29, 0.717) is 11.8 Å². The van der Waals surface area contributed by atoms with Gasteiger partial charge >= 0.3 is 0 Å². The van der Waals surface area contributed by atoms with Crippen molar-refractivity contribution in [3.05, 3.63) is 58.3 Å². The molecule has 0 saturated carbocycles. The van der Waals surface area contributed by atoms with Crippen molar-refractivity contribution in [3.8, 4) is 32.4 Å². The molecular formula is C43H62O2S2. The van der Waals surface area contributed by atoms with Crippen LogP contribution in [0.3, 0.4) is 0 Å². The Bertz CT molecular complexity index is 1320. The number of ether oxygens (including phenoxy) is 2. The minimum Gasteiger partial charge on any atom is -0.493 e. The van der Waals surface area contributed by atoms with Crippen LogP contribution in [-0.4, -0.2) is 13.2 Å². The lowest BCUT2D eigenvalue weighted by Crippen LogP contribution is -2.08. The summed E-state index contributed by atoms with van der Waals surface area (Å²) in [6, 6.07) is 9.09. The van der Waals surface area contributed by atoms with Crippen LogP contribution in [0.5, 0.6) is 11.5 Å². The van der Waals surface area contributed by atoms with Crippen molar-refractivity contribution in [1.82, 2.24) is 0 Å². The summed E-state index contributed by atoms with van der Waals surface area (Å²) in [6.07, 6.45) is 32.9. The predicted octanol–water partition coefficient (Wildman–Crippen LogP) is 14.9. The molecule has 0 radical (unpaired) electrons. The van der Waals surface area contributed by atoms with Gasteiger partial charge in [0.15, 0.2) is 0 Å². The highest BCUT2D eigenvalue weighted by Crippen LogP contribution is 2.58. The smallest absolute Gasteiger partial charge is 0.131 e. The SMILES string of the molecule is CCCCCCCCCCCCOc1cc(-c2ccsc2-c2cccs2)c(OCCCCCCCCCCCC)c2c1[C@@H]1C=C[C@H]2C1. The number of allylic oxidation sites excluding steroid dienone is 2. The quantitative estimate of drug-likeness (QED) is 0.0623. The summed E-state index contributed by atoms with van der Waals surface area (Å²) in [5, 5.41) is 4.44. The van der Waals surface area contributed by atoms with Crippen LogP contribution < -0.4 is 9.47 Å². The topological polar surface area (TPSA) is 18.5 Å². The molecule has 2 nitrogen and oxygen atoms in total. The first-order chi connectivity index (χ1) is 23.3. The third kappa shape index (κ3) is 10.5. The zero-order valence-electron chi connectivity index (χ0n) is 29.7. The second kappa shape index (κ2) is 20.5.